The van der Waals surface area contributed by atoms with Crippen LogP contribution in [0.3, 0.4) is 0 Å². The van der Waals surface area contributed by atoms with Crippen molar-refractivity contribution in [3.8, 4) is 0 Å². The van der Waals surface area contributed by atoms with Crippen LogP contribution in [-0.4, -0.2) is 39.4 Å². The average molecular weight is 337 g/mol. The van der Waals surface area contributed by atoms with Crippen molar-refractivity contribution in [3.05, 3.63) is 30.1 Å². The van der Waals surface area contributed by atoms with Crippen LogP contribution in [0.2, 0.25) is 0 Å². The summed E-state index contributed by atoms with van der Waals surface area (Å²) in [4.78, 5) is -0.214. The van der Waals surface area contributed by atoms with Gasteiger partial charge in [0.15, 0.2) is 0 Å². The van der Waals surface area contributed by atoms with Gasteiger partial charge < -0.3 is 5.32 Å². The van der Waals surface area contributed by atoms with Crippen LogP contribution in [0.15, 0.2) is 29.2 Å². The van der Waals surface area contributed by atoms with Crippen molar-refractivity contribution in [3.63, 3.8) is 0 Å². The van der Waals surface area contributed by atoms with Gasteiger partial charge in [-0.05, 0) is 50.9 Å². The second-order valence-electron chi connectivity index (χ2n) is 5.17. The molecular weight excluding hydrogens is 315 g/mol. The van der Waals surface area contributed by atoms with Gasteiger partial charge in [0, 0.05) is 13.1 Å². The van der Waals surface area contributed by atoms with Gasteiger partial charge in [-0.1, -0.05) is 12.1 Å². The maximum atomic E-state index is 13.7. The van der Waals surface area contributed by atoms with Crippen molar-refractivity contribution in [1.82, 2.24) is 9.62 Å². The van der Waals surface area contributed by atoms with Crippen LogP contribution >= 0.6 is 12.4 Å². The summed E-state index contributed by atoms with van der Waals surface area (Å²) >= 11 is 0. The number of hydrogen-bond donors (Lipinski definition) is 1. The van der Waals surface area contributed by atoms with E-state index in [1.807, 2.05) is 7.05 Å². The third-order valence-corrected chi connectivity index (χ3v) is 5.76. The van der Waals surface area contributed by atoms with Gasteiger partial charge in [0.25, 0.3) is 0 Å². The quantitative estimate of drug-likeness (QED) is 0.897. The predicted octanol–water partition coefficient (Wildman–Crippen LogP) is 2.26. The average Bonchev–Trinajstić information content (AvgIpc) is 2.46. The second-order valence-corrected chi connectivity index (χ2v) is 7.08. The van der Waals surface area contributed by atoms with Gasteiger partial charge in [-0.2, -0.15) is 4.31 Å². The van der Waals surface area contributed by atoms with E-state index in [9.17, 15) is 12.8 Å². The molecule has 1 aromatic rings. The van der Waals surface area contributed by atoms with Gasteiger partial charge in [-0.3, -0.25) is 0 Å². The van der Waals surface area contributed by atoms with Crippen LogP contribution in [-0.2, 0) is 10.0 Å². The molecular formula is C14H22ClFN2O2S. The van der Waals surface area contributed by atoms with Gasteiger partial charge >= 0.3 is 0 Å². The van der Waals surface area contributed by atoms with Gasteiger partial charge in [0.2, 0.25) is 10.0 Å². The molecule has 7 heteroatoms. The molecule has 0 aliphatic carbocycles. The highest BCUT2D eigenvalue weighted by atomic mass is 35.5. The van der Waals surface area contributed by atoms with Crippen LogP contribution in [0.1, 0.15) is 19.3 Å². The highest BCUT2D eigenvalue weighted by Gasteiger charge is 2.30. The lowest BCUT2D eigenvalue weighted by Gasteiger charge is -2.31. The van der Waals surface area contributed by atoms with Gasteiger partial charge in [0.1, 0.15) is 10.7 Å². The van der Waals surface area contributed by atoms with E-state index in [2.05, 4.69) is 5.32 Å². The zero-order valence-electron chi connectivity index (χ0n) is 12.1. The summed E-state index contributed by atoms with van der Waals surface area (Å²) < 4.78 is 39.9. The van der Waals surface area contributed by atoms with Gasteiger partial charge in [-0.15, -0.1) is 12.4 Å². The molecule has 21 heavy (non-hydrogen) atoms. The molecule has 1 N–H and O–H groups in total. The van der Waals surface area contributed by atoms with Crippen molar-refractivity contribution in [1.29, 1.82) is 0 Å². The lowest BCUT2D eigenvalue weighted by Crippen LogP contribution is -2.39. The number of nitrogens with one attached hydrogen (secondary N) is 1. The smallest absolute Gasteiger partial charge is 0.245 e. The maximum absolute atomic E-state index is 13.7. The fourth-order valence-corrected chi connectivity index (χ4v) is 4.11. The summed E-state index contributed by atoms with van der Waals surface area (Å²) in [6, 6.07) is 5.57. The Morgan fingerprint density at radius 1 is 1.29 bits per heavy atom. The summed E-state index contributed by atoms with van der Waals surface area (Å²) in [5.74, 6) is -0.126. The van der Waals surface area contributed by atoms with Crippen LogP contribution in [0.5, 0.6) is 0 Å². The van der Waals surface area contributed by atoms with E-state index in [4.69, 9.17) is 0 Å². The molecule has 1 aliphatic rings. The lowest BCUT2D eigenvalue weighted by molar-refractivity contribution is 0.262. The van der Waals surface area contributed by atoms with Gasteiger partial charge in [-0.25, -0.2) is 12.8 Å². The minimum absolute atomic E-state index is 0. The molecule has 120 valence electrons. The minimum atomic E-state index is -3.69. The van der Waals surface area contributed by atoms with E-state index in [1.165, 1.54) is 22.5 Å². The van der Waals surface area contributed by atoms with E-state index in [-0.39, 0.29) is 17.3 Å². The molecule has 1 saturated heterocycles. The molecule has 1 heterocycles. The SMILES string of the molecule is CNCCC1CCN(S(=O)(=O)c2ccccc2F)CC1.Cl. The summed E-state index contributed by atoms with van der Waals surface area (Å²) in [5, 5.41) is 3.11. The van der Waals surface area contributed by atoms with Crippen LogP contribution in [0, 0.1) is 11.7 Å². The molecule has 1 fully saturated rings. The maximum Gasteiger partial charge on any atom is 0.245 e. The summed E-state index contributed by atoms with van der Waals surface area (Å²) in [6.45, 7) is 1.90. The fraction of sp³-hybridized carbons (Fsp3) is 0.571. The first-order chi connectivity index (χ1) is 9.55. The molecule has 0 unspecified atom stereocenters. The monoisotopic (exact) mass is 336 g/mol. The number of sulfonamides is 1. The number of benzene rings is 1. The third-order valence-electron chi connectivity index (χ3n) is 3.83. The van der Waals surface area contributed by atoms with Gasteiger partial charge in [0.05, 0.1) is 0 Å². The molecule has 1 aliphatic heterocycles. The number of halogens is 2. The molecule has 0 aromatic heterocycles. The van der Waals surface area contributed by atoms with E-state index in [0.29, 0.717) is 19.0 Å². The van der Waals surface area contributed by atoms with E-state index in [0.717, 1.165) is 25.8 Å². The van der Waals surface area contributed by atoms with Crippen molar-refractivity contribution in [2.45, 2.75) is 24.2 Å². The largest absolute Gasteiger partial charge is 0.320 e. The van der Waals surface area contributed by atoms with Crippen molar-refractivity contribution >= 4 is 22.4 Å². The van der Waals surface area contributed by atoms with E-state index >= 15 is 0 Å². The van der Waals surface area contributed by atoms with Crippen molar-refractivity contribution in [2.75, 3.05) is 26.7 Å². The number of hydrogen-bond acceptors (Lipinski definition) is 3. The third kappa shape index (κ3) is 4.39. The molecule has 0 atom stereocenters. The molecule has 1 aromatic carbocycles. The standard InChI is InChI=1S/C14H21FN2O2S.ClH/c1-16-9-6-12-7-10-17(11-8-12)20(18,19)14-5-3-2-4-13(14)15;/h2-5,12,16H,6-11H2,1H3;1H. The van der Waals surface area contributed by atoms with E-state index < -0.39 is 15.8 Å². The Morgan fingerprint density at radius 2 is 1.90 bits per heavy atom. The Labute approximate surface area is 132 Å². The highest BCUT2D eigenvalue weighted by molar-refractivity contribution is 7.89. The first-order valence-electron chi connectivity index (χ1n) is 6.95. The second kappa shape index (κ2) is 8.08. The van der Waals surface area contributed by atoms with Crippen LogP contribution in [0.4, 0.5) is 4.39 Å². The Morgan fingerprint density at radius 3 is 2.48 bits per heavy atom. The highest BCUT2D eigenvalue weighted by Crippen LogP contribution is 2.26. The number of nitrogens with zero attached hydrogens (tertiary/aromatic N) is 1. The first-order valence-corrected chi connectivity index (χ1v) is 8.39. The summed E-state index contributed by atoms with van der Waals surface area (Å²) in [5.41, 5.74) is 0. The Bertz CT molecular complexity index is 546. The van der Waals surface area contributed by atoms with Crippen LogP contribution < -0.4 is 5.32 Å². The Kier molecular flexibility index (Phi) is 7.06. The summed E-state index contributed by atoms with van der Waals surface area (Å²) in [7, 11) is -1.78. The predicted molar refractivity (Wildman–Crippen MR) is 83.7 cm³/mol. The molecule has 0 spiro atoms. The Balaban J connectivity index is 0.00000220. The summed E-state index contributed by atoms with van der Waals surface area (Å²) in [6.07, 6.45) is 2.74. The molecule has 0 saturated carbocycles. The molecule has 0 bridgehead atoms. The van der Waals surface area contributed by atoms with Crippen molar-refractivity contribution in [2.24, 2.45) is 5.92 Å². The fourth-order valence-electron chi connectivity index (χ4n) is 2.58. The molecule has 4 nitrogen and oxygen atoms in total. The van der Waals surface area contributed by atoms with Crippen LogP contribution in [0.25, 0.3) is 0 Å². The normalized spacial score (nSPS) is 17.4. The lowest BCUT2D eigenvalue weighted by atomic mass is 9.95. The molecule has 0 amide bonds. The Hall–Kier alpha value is -0.690. The van der Waals surface area contributed by atoms with Crippen molar-refractivity contribution < 1.29 is 12.8 Å². The minimum Gasteiger partial charge on any atom is -0.320 e. The molecule has 2 rings (SSSR count). The first kappa shape index (κ1) is 18.4. The number of rotatable bonds is 5. The topological polar surface area (TPSA) is 49.4 Å². The zero-order chi connectivity index (χ0) is 14.6. The van der Waals surface area contributed by atoms with E-state index in [1.54, 1.807) is 6.07 Å². The number of piperidine rings is 1. The zero-order valence-corrected chi connectivity index (χ0v) is 13.7. The molecule has 0 radical (unpaired) electrons.